The first kappa shape index (κ1) is 25.2. The number of anilines is 1. The highest BCUT2D eigenvalue weighted by atomic mass is 32.1. The molecule has 4 amide bonds. The van der Waals surface area contributed by atoms with Crippen LogP contribution in [0.2, 0.25) is 0 Å². The topological polar surface area (TPSA) is 103 Å². The molecular formula is C24H22F3N5O3S. The van der Waals surface area contributed by atoms with Crippen molar-refractivity contribution in [3.8, 4) is 0 Å². The Labute approximate surface area is 208 Å². The van der Waals surface area contributed by atoms with Crippen molar-refractivity contribution in [2.24, 2.45) is 0 Å². The summed E-state index contributed by atoms with van der Waals surface area (Å²) in [5, 5.41) is 4.82. The molecule has 0 unspecified atom stereocenters. The molecule has 4 rings (SSSR count). The van der Waals surface area contributed by atoms with Crippen LogP contribution in [0.1, 0.15) is 50.2 Å². The van der Waals surface area contributed by atoms with Gasteiger partial charge in [-0.1, -0.05) is 30.3 Å². The normalized spacial score (nSPS) is 14.2. The second kappa shape index (κ2) is 10.8. The third-order valence-electron chi connectivity index (χ3n) is 5.67. The molecule has 2 heterocycles. The lowest BCUT2D eigenvalue weighted by molar-refractivity contribution is -0.138. The number of nitrogens with one attached hydrogen (secondary N) is 3. The number of thiazole rings is 1. The number of carbonyl (C=O) groups is 3. The highest BCUT2D eigenvalue weighted by Gasteiger charge is 2.36. The van der Waals surface area contributed by atoms with Gasteiger partial charge in [-0.3, -0.25) is 15.0 Å². The monoisotopic (exact) mass is 517 g/mol. The van der Waals surface area contributed by atoms with E-state index >= 15 is 0 Å². The smallest absolute Gasteiger partial charge is 0.339 e. The van der Waals surface area contributed by atoms with E-state index in [1.807, 2.05) is 0 Å². The van der Waals surface area contributed by atoms with Gasteiger partial charge >= 0.3 is 12.2 Å². The highest BCUT2D eigenvalue weighted by molar-refractivity contribution is 7.09. The second-order valence-corrected chi connectivity index (χ2v) is 8.97. The number of likely N-dealkylation sites (tertiary alicyclic amines) is 1. The Bertz CT molecular complexity index is 1240. The van der Waals surface area contributed by atoms with E-state index < -0.39 is 29.6 Å². The van der Waals surface area contributed by atoms with Gasteiger partial charge in [0.25, 0.3) is 11.8 Å². The van der Waals surface area contributed by atoms with Crippen LogP contribution in [0.3, 0.4) is 0 Å². The van der Waals surface area contributed by atoms with Crippen molar-refractivity contribution in [2.75, 3.05) is 18.4 Å². The zero-order valence-electron chi connectivity index (χ0n) is 18.8. The first-order chi connectivity index (χ1) is 17.2. The number of hydrogen-bond acceptors (Lipinski definition) is 5. The van der Waals surface area contributed by atoms with Gasteiger partial charge in [0, 0.05) is 30.1 Å². The number of hydrogen-bond donors (Lipinski definition) is 3. The van der Waals surface area contributed by atoms with Crippen LogP contribution >= 0.6 is 11.3 Å². The fraction of sp³-hybridized carbons (Fsp3) is 0.250. The molecule has 1 saturated heterocycles. The van der Waals surface area contributed by atoms with Gasteiger partial charge in [0.15, 0.2) is 0 Å². The minimum atomic E-state index is -4.61. The summed E-state index contributed by atoms with van der Waals surface area (Å²) >= 11 is 1.28. The van der Waals surface area contributed by atoms with Crippen LogP contribution in [0.15, 0.2) is 60.0 Å². The van der Waals surface area contributed by atoms with E-state index in [1.54, 1.807) is 35.7 Å². The Morgan fingerprint density at radius 3 is 2.31 bits per heavy atom. The van der Waals surface area contributed by atoms with E-state index in [1.165, 1.54) is 34.4 Å². The molecule has 0 aliphatic carbocycles. The summed E-state index contributed by atoms with van der Waals surface area (Å²) < 4.78 is 39.9. The van der Waals surface area contributed by atoms with Crippen LogP contribution in [0, 0.1) is 0 Å². The van der Waals surface area contributed by atoms with Gasteiger partial charge < -0.3 is 10.2 Å². The lowest BCUT2D eigenvalue weighted by Gasteiger charge is -2.31. The minimum Gasteiger partial charge on any atom is -0.339 e. The van der Waals surface area contributed by atoms with Crippen LogP contribution in [0.25, 0.3) is 0 Å². The van der Waals surface area contributed by atoms with E-state index in [9.17, 15) is 27.6 Å². The van der Waals surface area contributed by atoms with Gasteiger partial charge in [0.2, 0.25) is 0 Å². The number of rotatable bonds is 4. The Hall–Kier alpha value is -3.93. The number of nitrogens with zero attached hydrogens (tertiary/aromatic N) is 2. The van der Waals surface area contributed by atoms with Gasteiger partial charge in [-0.2, -0.15) is 13.2 Å². The number of aromatic nitrogens is 1. The predicted octanol–water partition coefficient (Wildman–Crippen LogP) is 4.65. The summed E-state index contributed by atoms with van der Waals surface area (Å²) in [4.78, 5) is 42.8. The highest BCUT2D eigenvalue weighted by Crippen LogP contribution is 2.34. The van der Waals surface area contributed by atoms with Crippen LogP contribution in [0.5, 0.6) is 0 Å². The van der Waals surface area contributed by atoms with Crippen molar-refractivity contribution in [1.29, 1.82) is 0 Å². The van der Waals surface area contributed by atoms with Crippen LogP contribution < -0.4 is 16.2 Å². The van der Waals surface area contributed by atoms with Crippen molar-refractivity contribution in [3.05, 3.63) is 81.8 Å². The van der Waals surface area contributed by atoms with E-state index in [0.29, 0.717) is 23.5 Å². The SMILES string of the molecule is O=C(NNC(=O)c1csc(C2CCN(C(=O)c3ccccc3C(F)(F)F)CC2)n1)Nc1ccccc1. The van der Waals surface area contributed by atoms with Crippen molar-refractivity contribution < 1.29 is 27.6 Å². The predicted molar refractivity (Wildman–Crippen MR) is 127 cm³/mol. The van der Waals surface area contributed by atoms with Gasteiger partial charge in [0.1, 0.15) is 5.69 Å². The Kier molecular flexibility index (Phi) is 7.53. The largest absolute Gasteiger partial charge is 0.417 e. The summed E-state index contributed by atoms with van der Waals surface area (Å²) in [5.41, 5.74) is 3.94. The molecular weight excluding hydrogens is 495 g/mol. The average molecular weight is 518 g/mol. The third-order valence-corrected chi connectivity index (χ3v) is 6.68. The molecule has 0 spiro atoms. The number of urea groups is 1. The maximum atomic E-state index is 13.3. The molecule has 0 radical (unpaired) electrons. The molecule has 0 bridgehead atoms. The van der Waals surface area contributed by atoms with Gasteiger partial charge in [-0.15, -0.1) is 11.3 Å². The van der Waals surface area contributed by atoms with Gasteiger partial charge in [0.05, 0.1) is 16.1 Å². The van der Waals surface area contributed by atoms with E-state index in [-0.39, 0.29) is 30.3 Å². The molecule has 2 aromatic carbocycles. The molecule has 1 aliphatic rings. The Morgan fingerprint density at radius 1 is 0.944 bits per heavy atom. The quantitative estimate of drug-likeness (QED) is 0.439. The Morgan fingerprint density at radius 2 is 1.61 bits per heavy atom. The number of para-hydroxylation sites is 1. The molecule has 0 saturated carbocycles. The zero-order valence-corrected chi connectivity index (χ0v) is 19.7. The number of benzene rings is 2. The van der Waals surface area contributed by atoms with Gasteiger partial charge in [-0.25, -0.2) is 15.2 Å². The zero-order chi connectivity index (χ0) is 25.7. The van der Waals surface area contributed by atoms with E-state index in [2.05, 4.69) is 21.2 Å². The second-order valence-electron chi connectivity index (χ2n) is 8.08. The van der Waals surface area contributed by atoms with E-state index in [0.717, 1.165) is 6.07 Å². The molecule has 3 aromatic rings. The summed E-state index contributed by atoms with van der Waals surface area (Å²) in [6.07, 6.45) is -3.60. The lowest BCUT2D eigenvalue weighted by Crippen LogP contribution is -2.44. The maximum absolute atomic E-state index is 13.3. The molecule has 3 N–H and O–H groups in total. The van der Waals surface area contributed by atoms with Crippen molar-refractivity contribution in [1.82, 2.24) is 20.7 Å². The first-order valence-electron chi connectivity index (χ1n) is 11.1. The first-order valence-corrected chi connectivity index (χ1v) is 11.9. The molecule has 12 heteroatoms. The van der Waals surface area contributed by atoms with Crippen LogP contribution in [-0.4, -0.2) is 40.8 Å². The number of piperidine rings is 1. The number of carbonyl (C=O) groups excluding carboxylic acids is 3. The summed E-state index contributed by atoms with van der Waals surface area (Å²) in [7, 11) is 0. The van der Waals surface area contributed by atoms with Crippen molar-refractivity contribution in [2.45, 2.75) is 24.9 Å². The molecule has 8 nitrogen and oxygen atoms in total. The summed E-state index contributed by atoms with van der Waals surface area (Å²) in [6.45, 7) is 0.552. The van der Waals surface area contributed by atoms with Gasteiger partial charge in [-0.05, 0) is 37.1 Å². The maximum Gasteiger partial charge on any atom is 0.417 e. The fourth-order valence-corrected chi connectivity index (χ4v) is 4.83. The molecule has 1 fully saturated rings. The lowest BCUT2D eigenvalue weighted by atomic mass is 9.96. The third kappa shape index (κ3) is 6.00. The number of alkyl halides is 3. The number of amides is 4. The molecule has 1 aliphatic heterocycles. The minimum absolute atomic E-state index is 0.0344. The summed E-state index contributed by atoms with van der Waals surface area (Å²) in [5.74, 6) is -1.27. The molecule has 36 heavy (non-hydrogen) atoms. The number of hydrazine groups is 1. The molecule has 0 atom stereocenters. The van der Waals surface area contributed by atoms with Crippen molar-refractivity contribution in [3.63, 3.8) is 0 Å². The van der Waals surface area contributed by atoms with Crippen LogP contribution in [0.4, 0.5) is 23.7 Å². The molecule has 1 aromatic heterocycles. The standard InChI is InChI=1S/C24H22F3N5O3S/c25-24(26,27)18-9-5-4-8-17(18)22(34)32-12-10-15(11-13-32)21-29-19(14-36-21)20(33)30-31-23(35)28-16-6-2-1-3-7-16/h1-9,14-15H,10-13H2,(H,30,33)(H2,28,31,35). The van der Waals surface area contributed by atoms with Crippen molar-refractivity contribution >= 4 is 34.9 Å². The Balaban J connectivity index is 1.30. The number of halogens is 3. The molecule has 188 valence electrons. The van der Waals surface area contributed by atoms with E-state index in [4.69, 9.17) is 0 Å². The fourth-order valence-electron chi connectivity index (χ4n) is 3.86. The summed E-state index contributed by atoms with van der Waals surface area (Å²) in [6, 6.07) is 12.9. The average Bonchev–Trinajstić information content (AvgIpc) is 3.38. The van der Waals surface area contributed by atoms with Crippen LogP contribution in [-0.2, 0) is 6.18 Å².